The van der Waals surface area contributed by atoms with Gasteiger partial charge in [0.05, 0.1) is 0 Å². The summed E-state index contributed by atoms with van der Waals surface area (Å²) in [5.74, 6) is 0. The van der Waals surface area contributed by atoms with Crippen LogP contribution in [0.4, 0.5) is 5.69 Å². The zero-order valence-corrected chi connectivity index (χ0v) is 7.10. The topological polar surface area (TPSA) is 49.3 Å². The number of aliphatic hydroxyl groups is 1. The van der Waals surface area contributed by atoms with Crippen molar-refractivity contribution < 1.29 is 9.90 Å². The van der Waals surface area contributed by atoms with E-state index in [0.717, 1.165) is 6.29 Å². The highest BCUT2D eigenvalue weighted by atomic mass is 16.3. The SMILES string of the molecule is C=CC(O)Nc1ccccc1C=O. The summed E-state index contributed by atoms with van der Waals surface area (Å²) in [4.78, 5) is 10.5. The first-order chi connectivity index (χ1) is 6.27. The predicted molar refractivity (Wildman–Crippen MR) is 51.7 cm³/mol. The summed E-state index contributed by atoms with van der Waals surface area (Å²) in [6.07, 6.45) is 1.25. The van der Waals surface area contributed by atoms with Crippen molar-refractivity contribution in [2.45, 2.75) is 6.23 Å². The van der Waals surface area contributed by atoms with Gasteiger partial charge in [-0.25, -0.2) is 0 Å². The van der Waals surface area contributed by atoms with Crippen LogP contribution < -0.4 is 5.32 Å². The van der Waals surface area contributed by atoms with Gasteiger partial charge < -0.3 is 10.4 Å². The highest BCUT2D eigenvalue weighted by Crippen LogP contribution is 2.13. The lowest BCUT2D eigenvalue weighted by atomic mass is 10.2. The second kappa shape index (κ2) is 4.42. The molecular formula is C10H11NO2. The summed E-state index contributed by atoms with van der Waals surface area (Å²) in [7, 11) is 0. The van der Waals surface area contributed by atoms with Gasteiger partial charge in [0, 0.05) is 11.3 Å². The summed E-state index contributed by atoms with van der Waals surface area (Å²) in [5, 5.41) is 11.9. The van der Waals surface area contributed by atoms with E-state index in [1.54, 1.807) is 24.3 Å². The Balaban J connectivity index is 2.86. The maximum Gasteiger partial charge on any atom is 0.152 e. The fraction of sp³-hybridized carbons (Fsp3) is 0.100. The predicted octanol–water partition coefficient (Wildman–Crippen LogP) is 1.42. The summed E-state index contributed by atoms with van der Waals surface area (Å²) in [6, 6.07) is 6.93. The van der Waals surface area contributed by atoms with Crippen molar-refractivity contribution in [1.29, 1.82) is 0 Å². The number of carbonyl (C=O) groups excluding carboxylic acids is 1. The highest BCUT2D eigenvalue weighted by molar-refractivity contribution is 5.84. The molecule has 0 saturated carbocycles. The molecule has 0 aliphatic rings. The number of benzene rings is 1. The number of aldehydes is 1. The minimum atomic E-state index is -0.832. The molecule has 13 heavy (non-hydrogen) atoms. The average molecular weight is 177 g/mol. The number of anilines is 1. The number of carbonyl (C=O) groups is 1. The second-order valence-electron chi connectivity index (χ2n) is 2.53. The first kappa shape index (κ1) is 9.48. The normalized spacial score (nSPS) is 11.8. The molecule has 68 valence electrons. The Morgan fingerprint density at radius 2 is 2.15 bits per heavy atom. The van der Waals surface area contributed by atoms with E-state index >= 15 is 0 Å². The van der Waals surface area contributed by atoms with Gasteiger partial charge in [-0.2, -0.15) is 0 Å². The molecule has 0 radical (unpaired) electrons. The molecule has 1 aromatic carbocycles. The van der Waals surface area contributed by atoms with E-state index < -0.39 is 6.23 Å². The minimum absolute atomic E-state index is 0.517. The first-order valence-corrected chi connectivity index (χ1v) is 3.89. The summed E-state index contributed by atoms with van der Waals surface area (Å²) >= 11 is 0. The molecule has 1 atom stereocenters. The molecule has 0 fully saturated rings. The van der Waals surface area contributed by atoms with Gasteiger partial charge in [-0.15, -0.1) is 0 Å². The van der Waals surface area contributed by atoms with E-state index in [9.17, 15) is 9.90 Å². The third-order valence-corrected chi connectivity index (χ3v) is 1.61. The number of rotatable bonds is 4. The Labute approximate surface area is 76.7 Å². The smallest absolute Gasteiger partial charge is 0.152 e. The van der Waals surface area contributed by atoms with E-state index in [1.807, 2.05) is 0 Å². The summed E-state index contributed by atoms with van der Waals surface area (Å²) in [5.41, 5.74) is 1.12. The van der Waals surface area contributed by atoms with Gasteiger partial charge in [-0.1, -0.05) is 18.7 Å². The standard InChI is InChI=1S/C10H11NO2/c1-2-10(13)11-9-6-4-3-5-8(9)7-12/h2-7,10-11,13H,1H2. The lowest BCUT2D eigenvalue weighted by Gasteiger charge is -2.11. The Morgan fingerprint density at radius 3 is 2.77 bits per heavy atom. The van der Waals surface area contributed by atoms with Gasteiger partial charge in [0.15, 0.2) is 6.29 Å². The summed E-state index contributed by atoms with van der Waals surface area (Å²) in [6.45, 7) is 3.41. The van der Waals surface area contributed by atoms with Gasteiger partial charge in [-0.3, -0.25) is 4.79 Å². The van der Waals surface area contributed by atoms with E-state index in [1.165, 1.54) is 6.08 Å². The molecule has 0 amide bonds. The van der Waals surface area contributed by atoms with Crippen LogP contribution in [0.5, 0.6) is 0 Å². The molecule has 0 bridgehead atoms. The molecule has 0 aliphatic carbocycles. The largest absolute Gasteiger partial charge is 0.370 e. The Morgan fingerprint density at radius 1 is 1.46 bits per heavy atom. The molecule has 3 heteroatoms. The van der Waals surface area contributed by atoms with Crippen LogP contribution in [0, 0.1) is 0 Å². The van der Waals surface area contributed by atoms with Gasteiger partial charge >= 0.3 is 0 Å². The van der Waals surface area contributed by atoms with Crippen LogP contribution >= 0.6 is 0 Å². The third kappa shape index (κ3) is 2.42. The molecule has 0 saturated heterocycles. The fourth-order valence-corrected chi connectivity index (χ4v) is 0.949. The number of hydrogen-bond acceptors (Lipinski definition) is 3. The molecule has 0 spiro atoms. The third-order valence-electron chi connectivity index (χ3n) is 1.61. The molecule has 1 unspecified atom stereocenters. The quantitative estimate of drug-likeness (QED) is 0.415. The van der Waals surface area contributed by atoms with Crippen LogP contribution in [-0.2, 0) is 0 Å². The molecule has 0 heterocycles. The molecule has 0 aliphatic heterocycles. The molecule has 2 N–H and O–H groups in total. The zero-order valence-electron chi connectivity index (χ0n) is 7.10. The van der Waals surface area contributed by atoms with Crippen LogP contribution in [0.1, 0.15) is 10.4 Å². The minimum Gasteiger partial charge on any atom is -0.370 e. The Kier molecular flexibility index (Phi) is 3.23. The number of para-hydroxylation sites is 1. The van der Waals surface area contributed by atoms with Crippen LogP contribution in [0.2, 0.25) is 0 Å². The molecule has 1 rings (SSSR count). The number of nitrogens with one attached hydrogen (secondary N) is 1. The number of hydrogen-bond donors (Lipinski definition) is 2. The van der Waals surface area contributed by atoms with Crippen molar-refractivity contribution in [3.63, 3.8) is 0 Å². The van der Waals surface area contributed by atoms with Crippen LogP contribution in [-0.4, -0.2) is 17.6 Å². The lowest BCUT2D eigenvalue weighted by molar-refractivity contribution is 0.112. The molecular weight excluding hydrogens is 166 g/mol. The van der Waals surface area contributed by atoms with Crippen molar-refractivity contribution in [3.8, 4) is 0 Å². The van der Waals surface area contributed by atoms with Crippen molar-refractivity contribution >= 4 is 12.0 Å². The average Bonchev–Trinajstić information content (AvgIpc) is 2.18. The maximum atomic E-state index is 10.5. The maximum absolute atomic E-state index is 10.5. The van der Waals surface area contributed by atoms with Crippen molar-refractivity contribution in [2.24, 2.45) is 0 Å². The Hall–Kier alpha value is -1.61. The Bertz CT molecular complexity index is 310. The zero-order chi connectivity index (χ0) is 9.68. The monoisotopic (exact) mass is 177 g/mol. The van der Waals surface area contributed by atoms with Gasteiger partial charge in [0.1, 0.15) is 6.23 Å². The molecule has 1 aromatic rings. The van der Waals surface area contributed by atoms with Gasteiger partial charge in [-0.05, 0) is 18.2 Å². The van der Waals surface area contributed by atoms with Crippen molar-refractivity contribution in [3.05, 3.63) is 42.5 Å². The molecule has 3 nitrogen and oxygen atoms in total. The van der Waals surface area contributed by atoms with Crippen molar-refractivity contribution in [1.82, 2.24) is 0 Å². The number of aliphatic hydroxyl groups excluding tert-OH is 1. The second-order valence-corrected chi connectivity index (χ2v) is 2.53. The fourth-order valence-electron chi connectivity index (χ4n) is 0.949. The highest BCUT2D eigenvalue weighted by Gasteiger charge is 2.02. The van der Waals surface area contributed by atoms with Gasteiger partial charge in [0.2, 0.25) is 0 Å². The van der Waals surface area contributed by atoms with E-state index in [4.69, 9.17) is 0 Å². The molecule has 0 aromatic heterocycles. The van der Waals surface area contributed by atoms with E-state index in [0.29, 0.717) is 11.3 Å². The summed E-state index contributed by atoms with van der Waals surface area (Å²) < 4.78 is 0. The van der Waals surface area contributed by atoms with Crippen LogP contribution in [0.15, 0.2) is 36.9 Å². The van der Waals surface area contributed by atoms with Crippen molar-refractivity contribution in [2.75, 3.05) is 5.32 Å². The first-order valence-electron chi connectivity index (χ1n) is 3.89. The van der Waals surface area contributed by atoms with Gasteiger partial charge in [0.25, 0.3) is 0 Å². The van der Waals surface area contributed by atoms with Crippen LogP contribution in [0.3, 0.4) is 0 Å². The van der Waals surface area contributed by atoms with Crippen LogP contribution in [0.25, 0.3) is 0 Å². The lowest BCUT2D eigenvalue weighted by Crippen LogP contribution is -2.15. The van der Waals surface area contributed by atoms with E-state index in [-0.39, 0.29) is 0 Å². The van der Waals surface area contributed by atoms with E-state index in [2.05, 4.69) is 11.9 Å².